The first-order valence-corrected chi connectivity index (χ1v) is 11.5. The summed E-state index contributed by atoms with van der Waals surface area (Å²) in [6.45, 7) is 5.48. The second kappa shape index (κ2) is 10.5. The van der Waals surface area contributed by atoms with Crippen molar-refractivity contribution in [2.45, 2.75) is 20.8 Å². The predicted octanol–water partition coefficient (Wildman–Crippen LogP) is 4.37. The molecule has 2 aromatic heterocycles. The maximum atomic E-state index is 13.1. The maximum Gasteiger partial charge on any atom is 0.360 e. The van der Waals surface area contributed by atoms with Crippen LogP contribution in [-0.4, -0.2) is 35.1 Å². The van der Waals surface area contributed by atoms with Crippen molar-refractivity contribution < 1.29 is 19.1 Å². The number of methoxy groups -OCH3 is 1. The zero-order valence-electron chi connectivity index (χ0n) is 19.7. The van der Waals surface area contributed by atoms with Crippen molar-refractivity contribution in [1.82, 2.24) is 9.55 Å². The third-order valence-electron chi connectivity index (χ3n) is 4.82. The molecule has 0 radical (unpaired) electrons. The highest BCUT2D eigenvalue weighted by Gasteiger charge is 2.30. The fourth-order valence-electron chi connectivity index (χ4n) is 2.91. The van der Waals surface area contributed by atoms with E-state index < -0.39 is 28.7 Å². The lowest BCUT2D eigenvalue weighted by atomic mass is 9.97. The van der Waals surface area contributed by atoms with E-state index in [1.54, 1.807) is 20.8 Å². The van der Waals surface area contributed by atoms with E-state index in [4.69, 9.17) is 9.47 Å². The second-order valence-corrected chi connectivity index (χ2v) is 9.38. The number of thiophene rings is 1. The van der Waals surface area contributed by atoms with Gasteiger partial charge in [-0.3, -0.25) is 14.2 Å². The van der Waals surface area contributed by atoms with Gasteiger partial charge in [0.15, 0.2) is 11.5 Å². The van der Waals surface area contributed by atoms with E-state index in [9.17, 15) is 14.4 Å². The van der Waals surface area contributed by atoms with Gasteiger partial charge in [-0.25, -0.2) is 9.78 Å². The van der Waals surface area contributed by atoms with Crippen molar-refractivity contribution in [3.05, 3.63) is 69.5 Å². The lowest BCUT2D eigenvalue weighted by molar-refractivity contribution is -0.143. The van der Waals surface area contributed by atoms with Gasteiger partial charge in [-0.15, -0.1) is 11.3 Å². The van der Waals surface area contributed by atoms with Crippen LogP contribution >= 0.6 is 11.3 Å². The van der Waals surface area contributed by atoms with E-state index in [0.717, 1.165) is 11.3 Å². The van der Waals surface area contributed by atoms with Crippen LogP contribution in [0.25, 0.3) is 16.8 Å². The summed E-state index contributed by atoms with van der Waals surface area (Å²) in [5.74, 6) is -1.72. The van der Waals surface area contributed by atoms with Gasteiger partial charge in [0.05, 0.1) is 23.1 Å². The van der Waals surface area contributed by atoms with Crippen LogP contribution in [-0.2, 0) is 16.6 Å². The van der Waals surface area contributed by atoms with E-state index in [1.807, 2.05) is 53.9 Å². The molecule has 0 spiro atoms. The normalized spacial score (nSPS) is 11.4. The number of nitrogens with one attached hydrogen (secondary N) is 1. The molecule has 178 valence electrons. The second-order valence-electron chi connectivity index (χ2n) is 8.47. The monoisotopic (exact) mass is 481 g/mol. The Kier molecular flexibility index (Phi) is 7.68. The number of esters is 2. The Morgan fingerprint density at radius 2 is 1.88 bits per heavy atom. The van der Waals surface area contributed by atoms with Crippen LogP contribution in [0, 0.1) is 5.41 Å². The average Bonchev–Trinajstić information content (AvgIpc) is 3.27. The molecule has 0 atom stereocenters. The Morgan fingerprint density at radius 1 is 1.18 bits per heavy atom. The van der Waals surface area contributed by atoms with Crippen LogP contribution in [0.15, 0.2) is 52.6 Å². The summed E-state index contributed by atoms with van der Waals surface area (Å²) in [6, 6.07) is 11.8. The van der Waals surface area contributed by atoms with Crippen LogP contribution in [0.4, 0.5) is 5.69 Å². The van der Waals surface area contributed by atoms with Crippen LogP contribution in [0.1, 0.15) is 36.8 Å². The number of benzene rings is 1. The molecule has 3 rings (SSSR count). The minimum absolute atomic E-state index is 0.255. The molecule has 8 nitrogen and oxygen atoms in total. The van der Waals surface area contributed by atoms with Gasteiger partial charge in [0.2, 0.25) is 5.75 Å². The van der Waals surface area contributed by atoms with Crippen molar-refractivity contribution in [2.24, 2.45) is 12.5 Å². The summed E-state index contributed by atoms with van der Waals surface area (Å²) in [7, 11) is 2.69. The van der Waals surface area contributed by atoms with Crippen molar-refractivity contribution in [3.63, 3.8) is 0 Å². The minimum Gasteiger partial charge on any atom is -0.464 e. The summed E-state index contributed by atoms with van der Waals surface area (Å²) >= 11 is 1.36. The highest BCUT2D eigenvalue weighted by Crippen LogP contribution is 2.33. The highest BCUT2D eigenvalue weighted by molar-refractivity contribution is 7.14. The lowest BCUT2D eigenvalue weighted by Gasteiger charge is -2.18. The van der Waals surface area contributed by atoms with Crippen molar-refractivity contribution in [1.29, 1.82) is 0 Å². The fraction of sp³-hybridized carbons (Fsp3) is 0.280. The molecule has 0 aliphatic rings. The van der Waals surface area contributed by atoms with Crippen molar-refractivity contribution in [2.75, 3.05) is 19.0 Å². The minimum atomic E-state index is -0.880. The van der Waals surface area contributed by atoms with E-state index >= 15 is 0 Å². The predicted molar refractivity (Wildman–Crippen MR) is 133 cm³/mol. The molecule has 0 unspecified atom stereocenters. The van der Waals surface area contributed by atoms with E-state index in [0.29, 0.717) is 11.4 Å². The third-order valence-corrected chi connectivity index (χ3v) is 5.73. The fourth-order valence-corrected chi connectivity index (χ4v) is 3.80. The molecule has 1 aromatic carbocycles. The molecule has 0 saturated carbocycles. The number of hydrogen-bond acceptors (Lipinski definition) is 8. The number of nitrogens with zero attached hydrogens (tertiary/aromatic N) is 2. The topological polar surface area (TPSA) is 99.5 Å². The Hall–Kier alpha value is -3.72. The quantitative estimate of drug-likeness (QED) is 0.500. The Bertz CT molecular complexity index is 1270. The van der Waals surface area contributed by atoms with Crippen molar-refractivity contribution >= 4 is 35.0 Å². The molecular weight excluding hydrogens is 454 g/mol. The van der Waals surface area contributed by atoms with Gasteiger partial charge in [0.1, 0.15) is 0 Å². The van der Waals surface area contributed by atoms with Gasteiger partial charge in [-0.05, 0) is 37.8 Å². The molecular formula is C25H27N3O5S. The van der Waals surface area contributed by atoms with E-state index in [2.05, 4.69) is 10.3 Å². The number of ether oxygens (including phenoxy) is 2. The van der Waals surface area contributed by atoms with Gasteiger partial charge in [0, 0.05) is 13.6 Å². The molecule has 3 aromatic rings. The van der Waals surface area contributed by atoms with Crippen LogP contribution in [0.2, 0.25) is 0 Å². The van der Waals surface area contributed by atoms with Gasteiger partial charge < -0.3 is 14.8 Å². The van der Waals surface area contributed by atoms with Gasteiger partial charge in [0.25, 0.3) is 5.56 Å². The number of hydrogen-bond donors (Lipinski definition) is 1. The Morgan fingerprint density at radius 3 is 2.53 bits per heavy atom. The van der Waals surface area contributed by atoms with Gasteiger partial charge >= 0.3 is 11.9 Å². The molecule has 0 aliphatic heterocycles. The summed E-state index contributed by atoms with van der Waals surface area (Å²) in [5, 5.41) is 5.16. The van der Waals surface area contributed by atoms with Crippen LogP contribution < -0.4 is 15.6 Å². The molecule has 0 bridgehead atoms. The summed E-state index contributed by atoms with van der Waals surface area (Å²) in [4.78, 5) is 43.0. The van der Waals surface area contributed by atoms with Crippen molar-refractivity contribution in [3.8, 4) is 16.5 Å². The number of anilines is 1. The van der Waals surface area contributed by atoms with E-state index in [1.165, 1.54) is 30.1 Å². The molecule has 0 amide bonds. The average molecular weight is 482 g/mol. The highest BCUT2D eigenvalue weighted by atomic mass is 32.1. The number of rotatable bonds is 7. The molecule has 1 N–H and O–H groups in total. The zero-order valence-corrected chi connectivity index (χ0v) is 20.6. The standard InChI is InChI=1S/C25H27N3O5S/c1-25(2,3)24(31)33-19-18(23(30)32-5)27-21(28(4)22(19)29)20-17(13-15-34-20)26-14-9-12-16-10-7-6-8-11-16/h6-13,15,26H,14H2,1-5H3/b12-9+. The molecule has 2 heterocycles. The van der Waals surface area contributed by atoms with Gasteiger partial charge in [-0.1, -0.05) is 42.5 Å². The lowest BCUT2D eigenvalue weighted by Crippen LogP contribution is -2.32. The SMILES string of the molecule is COC(=O)c1nc(-c2sccc2NC/C=C/c2ccccc2)n(C)c(=O)c1OC(=O)C(C)(C)C. The first-order chi connectivity index (χ1) is 16.1. The number of carbonyl (C=O) groups excluding carboxylic acids is 2. The summed E-state index contributed by atoms with van der Waals surface area (Å²) < 4.78 is 11.4. The first-order valence-electron chi connectivity index (χ1n) is 10.6. The van der Waals surface area contributed by atoms with Crippen LogP contribution in [0.3, 0.4) is 0 Å². The third kappa shape index (κ3) is 5.60. The molecule has 0 fully saturated rings. The van der Waals surface area contributed by atoms with Gasteiger partial charge in [-0.2, -0.15) is 0 Å². The molecule has 9 heteroatoms. The molecule has 0 saturated heterocycles. The van der Waals surface area contributed by atoms with Crippen LogP contribution in [0.5, 0.6) is 5.75 Å². The van der Waals surface area contributed by atoms with E-state index in [-0.39, 0.29) is 11.5 Å². The largest absolute Gasteiger partial charge is 0.464 e. The zero-order chi connectivity index (χ0) is 24.9. The Labute approximate surface area is 201 Å². The number of aromatic nitrogens is 2. The molecule has 0 aliphatic carbocycles. The smallest absolute Gasteiger partial charge is 0.360 e. The Balaban J connectivity index is 1.95. The first kappa shape index (κ1) is 24.9. The summed E-state index contributed by atoms with van der Waals surface area (Å²) in [6.07, 6.45) is 3.99. The maximum absolute atomic E-state index is 13.1. The molecule has 34 heavy (non-hydrogen) atoms. The summed E-state index contributed by atoms with van der Waals surface area (Å²) in [5.41, 5.74) is -0.0508. The number of carbonyl (C=O) groups is 2.